The molecule has 4 aliphatic rings. The first-order valence-corrected chi connectivity index (χ1v) is 9.08. The second-order valence-electron chi connectivity index (χ2n) is 8.10. The van der Waals surface area contributed by atoms with Crippen molar-refractivity contribution in [3.63, 3.8) is 0 Å². The van der Waals surface area contributed by atoms with E-state index in [-0.39, 0.29) is 23.3 Å². The standard InChI is InChI=1S/C20H22FNO2/c1-10-15-3-2-4-16(21)19(15)24-18(10)20(23)22-17-13-6-11-5-12(8-13)9-14(17)7-11/h2-4,11-14,17H,5-9H2,1H3,(H,22,23). The number of rotatable bonds is 2. The molecule has 1 heterocycles. The molecular weight excluding hydrogens is 305 g/mol. The molecule has 4 heteroatoms. The molecule has 0 unspecified atom stereocenters. The van der Waals surface area contributed by atoms with E-state index in [1.807, 2.05) is 6.92 Å². The number of para-hydroxylation sites is 1. The maximum absolute atomic E-state index is 13.9. The van der Waals surface area contributed by atoms with Crippen LogP contribution in [0.25, 0.3) is 11.0 Å². The lowest BCUT2D eigenvalue weighted by Gasteiger charge is -2.54. The Labute approximate surface area is 140 Å². The van der Waals surface area contributed by atoms with Crippen LogP contribution >= 0.6 is 0 Å². The molecule has 3 nitrogen and oxygen atoms in total. The molecule has 4 fully saturated rings. The van der Waals surface area contributed by atoms with Gasteiger partial charge in [0.25, 0.3) is 5.91 Å². The molecule has 4 bridgehead atoms. The molecule has 0 radical (unpaired) electrons. The van der Waals surface area contributed by atoms with Gasteiger partial charge in [-0.2, -0.15) is 0 Å². The number of hydrogen-bond donors (Lipinski definition) is 1. The van der Waals surface area contributed by atoms with E-state index >= 15 is 0 Å². The van der Waals surface area contributed by atoms with Crippen LogP contribution in [0.15, 0.2) is 22.6 Å². The molecule has 0 atom stereocenters. The Bertz CT molecular complexity index is 796. The highest BCUT2D eigenvalue weighted by Crippen LogP contribution is 2.53. The lowest BCUT2D eigenvalue weighted by atomic mass is 9.54. The van der Waals surface area contributed by atoms with E-state index in [0.717, 1.165) is 17.4 Å². The highest BCUT2D eigenvalue weighted by molar-refractivity contribution is 5.99. The lowest BCUT2D eigenvalue weighted by Crippen LogP contribution is -2.55. The molecule has 0 aliphatic heterocycles. The molecule has 1 N–H and O–H groups in total. The van der Waals surface area contributed by atoms with E-state index in [2.05, 4.69) is 5.32 Å². The minimum absolute atomic E-state index is 0.180. The second kappa shape index (κ2) is 5.08. The van der Waals surface area contributed by atoms with Gasteiger partial charge < -0.3 is 9.73 Å². The van der Waals surface area contributed by atoms with E-state index in [1.165, 1.54) is 38.2 Å². The molecule has 4 aliphatic carbocycles. The molecule has 126 valence electrons. The van der Waals surface area contributed by atoms with Gasteiger partial charge >= 0.3 is 0 Å². The zero-order valence-corrected chi connectivity index (χ0v) is 13.8. The zero-order chi connectivity index (χ0) is 16.4. The van der Waals surface area contributed by atoms with E-state index in [4.69, 9.17) is 4.42 Å². The molecule has 0 spiro atoms. The van der Waals surface area contributed by atoms with Crippen molar-refractivity contribution in [3.8, 4) is 0 Å². The average molecular weight is 327 g/mol. The van der Waals surface area contributed by atoms with Crippen LogP contribution in [0.1, 0.15) is 48.2 Å². The summed E-state index contributed by atoms with van der Waals surface area (Å²) >= 11 is 0. The van der Waals surface area contributed by atoms with Gasteiger partial charge in [0.05, 0.1) is 0 Å². The van der Waals surface area contributed by atoms with Crippen LogP contribution in [-0.2, 0) is 0 Å². The molecule has 4 saturated carbocycles. The highest BCUT2D eigenvalue weighted by atomic mass is 19.1. The number of halogens is 1. The Morgan fingerprint density at radius 1 is 1.12 bits per heavy atom. The van der Waals surface area contributed by atoms with Crippen molar-refractivity contribution in [2.24, 2.45) is 23.7 Å². The number of nitrogens with one attached hydrogen (secondary N) is 1. The van der Waals surface area contributed by atoms with Crippen LogP contribution in [0, 0.1) is 36.4 Å². The van der Waals surface area contributed by atoms with Crippen molar-refractivity contribution >= 4 is 16.9 Å². The number of fused-ring (bicyclic) bond motifs is 1. The van der Waals surface area contributed by atoms with Crippen LogP contribution in [-0.4, -0.2) is 11.9 Å². The number of carbonyl (C=O) groups is 1. The number of aryl methyl sites for hydroxylation is 1. The van der Waals surface area contributed by atoms with E-state index in [9.17, 15) is 9.18 Å². The molecule has 2 aromatic rings. The lowest BCUT2D eigenvalue weighted by molar-refractivity contribution is -0.0122. The minimum Gasteiger partial charge on any atom is -0.448 e. The third kappa shape index (κ3) is 2.04. The van der Waals surface area contributed by atoms with Crippen LogP contribution in [0.2, 0.25) is 0 Å². The van der Waals surface area contributed by atoms with Gasteiger partial charge in [-0.15, -0.1) is 0 Å². The van der Waals surface area contributed by atoms with Gasteiger partial charge in [-0.3, -0.25) is 4.79 Å². The molecule has 1 aromatic heterocycles. The number of amides is 1. The first-order valence-electron chi connectivity index (χ1n) is 9.08. The van der Waals surface area contributed by atoms with E-state index in [0.29, 0.717) is 17.2 Å². The summed E-state index contributed by atoms with van der Waals surface area (Å²) < 4.78 is 19.5. The van der Waals surface area contributed by atoms with Crippen molar-refractivity contribution in [1.29, 1.82) is 0 Å². The van der Waals surface area contributed by atoms with Crippen LogP contribution in [0.3, 0.4) is 0 Å². The Balaban J connectivity index is 1.43. The fraction of sp³-hybridized carbons (Fsp3) is 0.550. The van der Waals surface area contributed by atoms with Gasteiger partial charge in [-0.1, -0.05) is 12.1 Å². The van der Waals surface area contributed by atoms with Crippen molar-refractivity contribution in [1.82, 2.24) is 5.32 Å². The normalized spacial score (nSPS) is 34.0. The fourth-order valence-corrected chi connectivity index (χ4v) is 5.80. The van der Waals surface area contributed by atoms with Crippen LogP contribution in [0.4, 0.5) is 4.39 Å². The van der Waals surface area contributed by atoms with Gasteiger partial charge in [0.1, 0.15) is 0 Å². The third-order valence-electron chi connectivity index (χ3n) is 6.65. The molecule has 0 saturated heterocycles. The predicted molar refractivity (Wildman–Crippen MR) is 89.2 cm³/mol. The Morgan fingerprint density at radius 2 is 1.79 bits per heavy atom. The first kappa shape index (κ1) is 14.5. The van der Waals surface area contributed by atoms with Gasteiger partial charge in [0.2, 0.25) is 0 Å². The second-order valence-corrected chi connectivity index (χ2v) is 8.10. The summed E-state index contributed by atoms with van der Waals surface area (Å²) in [5.41, 5.74) is 0.913. The average Bonchev–Trinajstić information content (AvgIpc) is 2.89. The maximum Gasteiger partial charge on any atom is 0.287 e. The molecule has 6 rings (SSSR count). The largest absolute Gasteiger partial charge is 0.448 e. The molecule has 24 heavy (non-hydrogen) atoms. The number of benzene rings is 1. The molecular formula is C20H22FNO2. The van der Waals surface area contributed by atoms with Gasteiger partial charge in [0, 0.05) is 17.0 Å². The van der Waals surface area contributed by atoms with Crippen molar-refractivity contribution in [2.45, 2.75) is 45.1 Å². The summed E-state index contributed by atoms with van der Waals surface area (Å²) in [5, 5.41) is 3.93. The number of furan rings is 1. The van der Waals surface area contributed by atoms with E-state index < -0.39 is 5.82 Å². The smallest absolute Gasteiger partial charge is 0.287 e. The Kier molecular flexibility index (Phi) is 3.07. The topological polar surface area (TPSA) is 42.2 Å². The summed E-state index contributed by atoms with van der Waals surface area (Å²) in [6.07, 6.45) is 6.42. The summed E-state index contributed by atoms with van der Waals surface area (Å²) in [7, 11) is 0. The fourth-order valence-electron chi connectivity index (χ4n) is 5.80. The highest BCUT2D eigenvalue weighted by Gasteiger charge is 2.48. The van der Waals surface area contributed by atoms with Crippen molar-refractivity contribution in [3.05, 3.63) is 35.3 Å². The molecule has 1 aromatic carbocycles. The summed E-state index contributed by atoms with van der Waals surface area (Å²) in [5.74, 6) is 2.66. The summed E-state index contributed by atoms with van der Waals surface area (Å²) in [6, 6.07) is 5.09. The van der Waals surface area contributed by atoms with Gasteiger partial charge in [-0.25, -0.2) is 4.39 Å². The minimum atomic E-state index is -0.413. The van der Waals surface area contributed by atoms with Crippen molar-refractivity contribution < 1.29 is 13.6 Å². The Morgan fingerprint density at radius 3 is 2.42 bits per heavy atom. The molecule has 1 amide bonds. The number of carbonyl (C=O) groups excluding carboxylic acids is 1. The van der Waals surface area contributed by atoms with Crippen LogP contribution < -0.4 is 5.32 Å². The third-order valence-corrected chi connectivity index (χ3v) is 6.65. The quantitative estimate of drug-likeness (QED) is 0.886. The SMILES string of the molecule is Cc1c(C(=O)NC2C3CC4CC(C3)CC2C4)oc2c(F)cccc12. The summed E-state index contributed by atoms with van der Waals surface area (Å²) in [6.45, 7) is 1.83. The van der Waals surface area contributed by atoms with Crippen LogP contribution in [0.5, 0.6) is 0 Å². The van der Waals surface area contributed by atoms with Crippen molar-refractivity contribution in [2.75, 3.05) is 0 Å². The maximum atomic E-state index is 13.9. The predicted octanol–water partition coefficient (Wildman–Crippen LogP) is 4.43. The Hall–Kier alpha value is -1.84. The first-order chi connectivity index (χ1) is 11.6. The summed E-state index contributed by atoms with van der Waals surface area (Å²) in [4.78, 5) is 12.8. The zero-order valence-electron chi connectivity index (χ0n) is 13.8. The van der Waals surface area contributed by atoms with Gasteiger partial charge in [-0.05, 0) is 68.8 Å². The van der Waals surface area contributed by atoms with E-state index in [1.54, 1.807) is 12.1 Å². The number of hydrogen-bond acceptors (Lipinski definition) is 2. The van der Waals surface area contributed by atoms with Gasteiger partial charge in [0.15, 0.2) is 17.2 Å². The monoisotopic (exact) mass is 327 g/mol.